The molecule has 1 amide bonds. The quantitative estimate of drug-likeness (QED) is 0.467. The molecule has 0 unspecified atom stereocenters. The van der Waals surface area contributed by atoms with Crippen LogP contribution in [0.15, 0.2) is 18.2 Å². The van der Waals surface area contributed by atoms with Gasteiger partial charge >= 0.3 is 0 Å². The third-order valence-electron chi connectivity index (χ3n) is 2.64. The number of rotatable bonds is 3. The lowest BCUT2D eigenvalue weighted by atomic mass is 10.1. The van der Waals surface area contributed by atoms with Gasteiger partial charge in [-0.25, -0.2) is 0 Å². The minimum Gasteiger partial charge on any atom is -0.305 e. The summed E-state index contributed by atoms with van der Waals surface area (Å²) in [5.74, 6) is 1.51. The molecule has 0 fully saturated rings. The number of hydrogen-bond donors (Lipinski definition) is 0. The van der Waals surface area contributed by atoms with Gasteiger partial charge in [0, 0.05) is 18.0 Å². The molecule has 1 aliphatic rings. The summed E-state index contributed by atoms with van der Waals surface area (Å²) in [4.78, 5) is 24.9. The number of unbranched alkanes of at least 4 members (excludes halogenated alkanes) is 1. The number of benzene rings is 1. The van der Waals surface area contributed by atoms with E-state index in [0.29, 0.717) is 35.7 Å². The number of hydrogen-bond acceptors (Lipinski definition) is 2. The summed E-state index contributed by atoms with van der Waals surface area (Å²) >= 11 is 5.80. The zero-order valence-electron chi connectivity index (χ0n) is 9.07. The third kappa shape index (κ3) is 2.04. The fraction of sp³-hybridized carbons (Fsp3) is 0.231. The van der Waals surface area contributed by atoms with Gasteiger partial charge in [-0.2, -0.15) is 0 Å². The van der Waals surface area contributed by atoms with Crippen molar-refractivity contribution in [3.05, 3.63) is 28.8 Å². The third-order valence-corrected chi connectivity index (χ3v) is 2.87. The lowest BCUT2D eigenvalue weighted by Crippen LogP contribution is -2.30. The second-order valence-corrected chi connectivity index (χ2v) is 4.19. The normalized spacial score (nSPS) is 13.8. The maximum absolute atomic E-state index is 11.7. The molecule has 0 saturated carbocycles. The van der Waals surface area contributed by atoms with E-state index in [2.05, 4.69) is 5.92 Å². The Bertz CT molecular complexity index is 531. The molecule has 0 aromatic heterocycles. The summed E-state index contributed by atoms with van der Waals surface area (Å²) in [6.45, 7) is 0.462. The van der Waals surface area contributed by atoms with Crippen LogP contribution in [-0.2, 0) is 4.79 Å². The van der Waals surface area contributed by atoms with Crippen LogP contribution in [0.3, 0.4) is 0 Å². The van der Waals surface area contributed by atoms with Gasteiger partial charge < -0.3 is 4.90 Å². The first kappa shape index (κ1) is 11.7. The predicted molar refractivity (Wildman–Crippen MR) is 66.2 cm³/mol. The van der Waals surface area contributed by atoms with Gasteiger partial charge in [0.1, 0.15) is 0 Å². The Balaban J connectivity index is 2.29. The molecule has 0 atom stereocenters. The van der Waals surface area contributed by atoms with Crippen LogP contribution in [-0.4, -0.2) is 18.2 Å². The van der Waals surface area contributed by atoms with Crippen LogP contribution in [0.5, 0.6) is 0 Å². The molecule has 1 aliphatic heterocycles. The molecule has 0 N–H and O–H groups in total. The van der Waals surface area contributed by atoms with E-state index in [0.717, 1.165) is 0 Å². The largest absolute Gasteiger partial charge is 0.305 e. The molecule has 1 heterocycles. The highest BCUT2D eigenvalue weighted by Gasteiger charge is 2.35. The molecular formula is C13H10ClNO2. The standard InChI is InChI=1S/C13H10ClNO2/c1-2-3-4-7-15-11-6-5-9(14)8-10(11)12(16)13(15)17/h1,5-6,8H,3-4,7H2. The monoisotopic (exact) mass is 247 g/mol. The van der Waals surface area contributed by atoms with Crippen molar-refractivity contribution in [2.45, 2.75) is 12.8 Å². The van der Waals surface area contributed by atoms with Gasteiger partial charge in [-0.05, 0) is 24.6 Å². The van der Waals surface area contributed by atoms with E-state index >= 15 is 0 Å². The molecule has 17 heavy (non-hydrogen) atoms. The van der Waals surface area contributed by atoms with Crippen LogP contribution in [0.25, 0.3) is 0 Å². The summed E-state index contributed by atoms with van der Waals surface area (Å²) in [5, 5.41) is 0.454. The molecule has 0 radical (unpaired) electrons. The minimum atomic E-state index is -0.501. The van der Waals surface area contributed by atoms with Crippen molar-refractivity contribution in [2.75, 3.05) is 11.4 Å². The first-order valence-electron chi connectivity index (χ1n) is 5.24. The summed E-state index contributed by atoms with van der Waals surface area (Å²) in [6, 6.07) is 4.88. The maximum atomic E-state index is 11.7. The number of carbonyl (C=O) groups is 2. The van der Waals surface area contributed by atoms with Crippen LogP contribution in [0.4, 0.5) is 5.69 Å². The molecular weight excluding hydrogens is 238 g/mol. The van der Waals surface area contributed by atoms with Crippen molar-refractivity contribution < 1.29 is 9.59 Å². The summed E-state index contributed by atoms with van der Waals surface area (Å²) < 4.78 is 0. The molecule has 0 saturated heterocycles. The van der Waals surface area contributed by atoms with Crippen LogP contribution < -0.4 is 4.90 Å². The number of terminal acetylenes is 1. The Morgan fingerprint density at radius 3 is 2.82 bits per heavy atom. The van der Waals surface area contributed by atoms with E-state index in [1.165, 1.54) is 11.0 Å². The highest BCUT2D eigenvalue weighted by Crippen LogP contribution is 2.31. The average molecular weight is 248 g/mol. The number of Topliss-reactive ketones (excluding diaryl/α,β-unsaturated/α-hetero) is 1. The smallest absolute Gasteiger partial charge is 0.299 e. The molecule has 3 nitrogen and oxygen atoms in total. The fourth-order valence-corrected chi connectivity index (χ4v) is 2.01. The number of halogens is 1. The van der Waals surface area contributed by atoms with E-state index in [4.69, 9.17) is 18.0 Å². The van der Waals surface area contributed by atoms with Crippen molar-refractivity contribution in [2.24, 2.45) is 0 Å². The zero-order valence-corrected chi connectivity index (χ0v) is 9.83. The molecule has 0 aliphatic carbocycles. The van der Waals surface area contributed by atoms with E-state index in [1.807, 2.05) is 0 Å². The van der Waals surface area contributed by atoms with Crippen LogP contribution in [0, 0.1) is 12.3 Å². The maximum Gasteiger partial charge on any atom is 0.299 e. The molecule has 0 bridgehead atoms. The lowest BCUT2D eigenvalue weighted by Gasteiger charge is -2.15. The van der Waals surface area contributed by atoms with Crippen molar-refractivity contribution in [1.82, 2.24) is 0 Å². The van der Waals surface area contributed by atoms with Crippen LogP contribution in [0.2, 0.25) is 5.02 Å². The van der Waals surface area contributed by atoms with Crippen molar-refractivity contribution in [1.29, 1.82) is 0 Å². The fourth-order valence-electron chi connectivity index (χ4n) is 1.83. The van der Waals surface area contributed by atoms with Crippen molar-refractivity contribution >= 4 is 29.0 Å². The van der Waals surface area contributed by atoms with Crippen LogP contribution >= 0.6 is 11.6 Å². The number of ketones is 1. The number of carbonyl (C=O) groups excluding carboxylic acids is 2. The highest BCUT2D eigenvalue weighted by molar-refractivity contribution is 6.52. The topological polar surface area (TPSA) is 37.4 Å². The number of fused-ring (bicyclic) bond motifs is 1. The second-order valence-electron chi connectivity index (χ2n) is 3.76. The molecule has 4 heteroatoms. The van der Waals surface area contributed by atoms with Gasteiger partial charge in [-0.15, -0.1) is 12.3 Å². The molecule has 1 aromatic rings. The van der Waals surface area contributed by atoms with Gasteiger partial charge in [-0.1, -0.05) is 11.6 Å². The highest BCUT2D eigenvalue weighted by atomic mass is 35.5. The number of amides is 1. The van der Waals surface area contributed by atoms with E-state index < -0.39 is 11.7 Å². The Morgan fingerprint density at radius 1 is 1.35 bits per heavy atom. The molecule has 0 spiro atoms. The summed E-state index contributed by atoms with van der Waals surface area (Å²) in [6.07, 6.45) is 6.41. The summed E-state index contributed by atoms with van der Waals surface area (Å²) in [5.41, 5.74) is 1.00. The zero-order chi connectivity index (χ0) is 12.4. The van der Waals surface area contributed by atoms with E-state index in [1.54, 1.807) is 12.1 Å². The van der Waals surface area contributed by atoms with Gasteiger partial charge in [-0.3, -0.25) is 9.59 Å². The van der Waals surface area contributed by atoms with E-state index in [-0.39, 0.29) is 0 Å². The predicted octanol–water partition coefficient (Wildman–Crippen LogP) is 2.28. The number of nitrogens with zero attached hydrogens (tertiary/aromatic N) is 1. The van der Waals surface area contributed by atoms with Gasteiger partial charge in [0.2, 0.25) is 0 Å². The Hall–Kier alpha value is -1.79. The number of anilines is 1. The van der Waals surface area contributed by atoms with Crippen LogP contribution in [0.1, 0.15) is 23.2 Å². The first-order valence-corrected chi connectivity index (χ1v) is 5.62. The summed E-state index contributed by atoms with van der Waals surface area (Å²) in [7, 11) is 0. The Labute approximate surface area is 104 Å². The Kier molecular flexibility index (Phi) is 3.16. The van der Waals surface area contributed by atoms with E-state index in [9.17, 15) is 9.59 Å². The van der Waals surface area contributed by atoms with Gasteiger partial charge in [0.05, 0.1) is 11.3 Å². The van der Waals surface area contributed by atoms with Crippen molar-refractivity contribution in [3.63, 3.8) is 0 Å². The van der Waals surface area contributed by atoms with Gasteiger partial charge in [0.15, 0.2) is 0 Å². The first-order chi connectivity index (χ1) is 8.15. The minimum absolute atomic E-state index is 0.378. The average Bonchev–Trinajstić information content (AvgIpc) is 2.54. The SMILES string of the molecule is C#CCCCN1C(=O)C(=O)c2cc(Cl)ccc21. The molecule has 2 rings (SSSR count). The lowest BCUT2D eigenvalue weighted by molar-refractivity contribution is -0.114. The Morgan fingerprint density at radius 2 is 2.12 bits per heavy atom. The second kappa shape index (κ2) is 4.60. The molecule has 86 valence electrons. The van der Waals surface area contributed by atoms with Crippen molar-refractivity contribution in [3.8, 4) is 12.3 Å². The molecule has 1 aromatic carbocycles. The van der Waals surface area contributed by atoms with Gasteiger partial charge in [0.25, 0.3) is 11.7 Å².